The average molecular weight is 259 g/mol. The molecule has 0 saturated heterocycles. The molecule has 1 aromatic heterocycles. The zero-order valence-electron chi connectivity index (χ0n) is 11.3. The van der Waals surface area contributed by atoms with Crippen molar-refractivity contribution in [1.29, 1.82) is 0 Å². The van der Waals surface area contributed by atoms with E-state index in [4.69, 9.17) is 10.6 Å². The predicted molar refractivity (Wildman–Crippen MR) is 73.2 cm³/mol. The van der Waals surface area contributed by atoms with Crippen LogP contribution in [-0.4, -0.2) is 22.2 Å². The summed E-state index contributed by atoms with van der Waals surface area (Å²) in [4.78, 5) is 16.4. The van der Waals surface area contributed by atoms with Crippen LogP contribution < -0.4 is 5.84 Å². The summed E-state index contributed by atoms with van der Waals surface area (Å²) >= 11 is 0. The number of rotatable bonds is 3. The lowest BCUT2D eigenvalue weighted by molar-refractivity contribution is 0.0517. The minimum absolute atomic E-state index is 0.286. The molecule has 0 fully saturated rings. The minimum Gasteiger partial charge on any atom is -0.461 e. The molecular weight excluding hydrogens is 242 g/mol. The fraction of sp³-hybridized carbons (Fsp3) is 0.286. The van der Waals surface area contributed by atoms with Crippen molar-refractivity contribution in [2.75, 3.05) is 12.4 Å². The zero-order valence-corrected chi connectivity index (χ0v) is 11.3. The first-order valence-corrected chi connectivity index (χ1v) is 6.13. The molecule has 0 atom stereocenters. The summed E-state index contributed by atoms with van der Waals surface area (Å²) in [5.74, 6) is 5.99. The number of esters is 1. The molecule has 1 heterocycles. The van der Waals surface area contributed by atoms with Crippen LogP contribution in [0.3, 0.4) is 0 Å². The third kappa shape index (κ3) is 2.31. The van der Waals surface area contributed by atoms with E-state index in [2.05, 4.69) is 4.98 Å². The molecule has 5 nitrogen and oxygen atoms in total. The van der Waals surface area contributed by atoms with Crippen molar-refractivity contribution in [1.82, 2.24) is 9.66 Å². The molecule has 2 rings (SSSR count). The monoisotopic (exact) mass is 259 g/mol. The molecule has 0 aliphatic heterocycles. The summed E-state index contributed by atoms with van der Waals surface area (Å²) in [7, 11) is 0. The Kier molecular flexibility index (Phi) is 3.55. The summed E-state index contributed by atoms with van der Waals surface area (Å²) in [6.45, 7) is 5.78. The first-order chi connectivity index (χ1) is 9.06. The second-order valence-electron chi connectivity index (χ2n) is 4.26. The highest BCUT2D eigenvalue weighted by Gasteiger charge is 2.23. The second kappa shape index (κ2) is 5.14. The lowest BCUT2D eigenvalue weighted by atomic mass is 10.0. The molecule has 1 aromatic carbocycles. The van der Waals surface area contributed by atoms with Crippen LogP contribution in [0.4, 0.5) is 0 Å². The minimum atomic E-state index is -0.455. The van der Waals surface area contributed by atoms with E-state index in [1.807, 2.05) is 31.2 Å². The number of carbonyl (C=O) groups excluding carboxylic acids is 1. The zero-order chi connectivity index (χ0) is 14.0. The summed E-state index contributed by atoms with van der Waals surface area (Å²) in [6.07, 6.45) is 0. The Labute approximate surface area is 112 Å². The van der Waals surface area contributed by atoms with Crippen LogP contribution in [0.25, 0.3) is 11.3 Å². The van der Waals surface area contributed by atoms with Crippen molar-refractivity contribution >= 4 is 5.97 Å². The molecule has 0 saturated carbocycles. The third-order valence-electron chi connectivity index (χ3n) is 2.96. The molecular formula is C14H17N3O2. The average Bonchev–Trinajstić information content (AvgIpc) is 2.66. The van der Waals surface area contributed by atoms with Crippen molar-refractivity contribution in [2.45, 2.75) is 20.8 Å². The summed E-state index contributed by atoms with van der Waals surface area (Å²) in [6, 6.07) is 7.73. The Morgan fingerprint density at radius 2 is 2.05 bits per heavy atom. The first-order valence-electron chi connectivity index (χ1n) is 6.13. The number of aryl methyl sites for hydroxylation is 2. The normalized spacial score (nSPS) is 10.5. The van der Waals surface area contributed by atoms with Gasteiger partial charge in [-0.05, 0) is 26.3 Å². The van der Waals surface area contributed by atoms with Crippen LogP contribution in [0.15, 0.2) is 24.3 Å². The molecule has 0 radical (unpaired) electrons. The Morgan fingerprint density at radius 3 is 2.68 bits per heavy atom. The Bertz CT molecular complexity index is 617. The largest absolute Gasteiger partial charge is 0.461 e. The number of benzene rings is 1. The standard InChI is InChI=1S/C14H17N3O2/c1-4-19-14(18)13-12(16-10(3)17(13)15)11-8-6-5-7-9(11)2/h5-8H,4,15H2,1-3H3. The third-order valence-corrected chi connectivity index (χ3v) is 2.96. The number of nitrogen functional groups attached to an aromatic ring is 1. The van der Waals surface area contributed by atoms with Crippen molar-refractivity contribution in [3.63, 3.8) is 0 Å². The molecule has 0 spiro atoms. The second-order valence-corrected chi connectivity index (χ2v) is 4.26. The van der Waals surface area contributed by atoms with Gasteiger partial charge in [-0.1, -0.05) is 24.3 Å². The SMILES string of the molecule is CCOC(=O)c1c(-c2ccccc2C)nc(C)n1N. The molecule has 0 aliphatic rings. The lowest BCUT2D eigenvalue weighted by Crippen LogP contribution is -2.20. The summed E-state index contributed by atoms with van der Waals surface area (Å²) in [5, 5.41) is 0. The van der Waals surface area contributed by atoms with E-state index in [9.17, 15) is 4.79 Å². The van der Waals surface area contributed by atoms with Gasteiger partial charge in [-0.25, -0.2) is 14.5 Å². The van der Waals surface area contributed by atoms with Crippen LogP contribution >= 0.6 is 0 Å². The molecule has 0 aliphatic carbocycles. The van der Waals surface area contributed by atoms with E-state index in [0.29, 0.717) is 18.1 Å². The van der Waals surface area contributed by atoms with Gasteiger partial charge in [0, 0.05) is 5.56 Å². The van der Waals surface area contributed by atoms with Crippen molar-refractivity contribution in [3.05, 3.63) is 41.3 Å². The van der Waals surface area contributed by atoms with Gasteiger partial charge in [0.25, 0.3) is 0 Å². The highest BCUT2D eigenvalue weighted by Crippen LogP contribution is 2.26. The van der Waals surface area contributed by atoms with Gasteiger partial charge in [-0.15, -0.1) is 0 Å². The number of nitrogens with zero attached hydrogens (tertiary/aromatic N) is 2. The smallest absolute Gasteiger partial charge is 0.359 e. The Hall–Kier alpha value is -2.30. The molecule has 100 valence electrons. The van der Waals surface area contributed by atoms with Gasteiger partial charge in [0.1, 0.15) is 11.5 Å². The maximum Gasteiger partial charge on any atom is 0.359 e. The van der Waals surface area contributed by atoms with Crippen LogP contribution in [-0.2, 0) is 4.74 Å². The van der Waals surface area contributed by atoms with Gasteiger partial charge >= 0.3 is 5.97 Å². The number of ether oxygens (including phenoxy) is 1. The van der Waals surface area contributed by atoms with Crippen molar-refractivity contribution in [3.8, 4) is 11.3 Å². The number of nitrogens with two attached hydrogens (primary N) is 1. The highest BCUT2D eigenvalue weighted by atomic mass is 16.5. The van der Waals surface area contributed by atoms with Crippen molar-refractivity contribution in [2.24, 2.45) is 0 Å². The van der Waals surface area contributed by atoms with Crippen LogP contribution in [0.1, 0.15) is 28.8 Å². The Balaban J connectivity index is 2.61. The molecule has 19 heavy (non-hydrogen) atoms. The van der Waals surface area contributed by atoms with Gasteiger partial charge in [-0.2, -0.15) is 0 Å². The van der Waals surface area contributed by atoms with E-state index >= 15 is 0 Å². The van der Waals surface area contributed by atoms with Crippen molar-refractivity contribution < 1.29 is 9.53 Å². The molecule has 0 bridgehead atoms. The van der Waals surface area contributed by atoms with Crippen LogP contribution in [0, 0.1) is 13.8 Å². The molecule has 0 amide bonds. The van der Waals surface area contributed by atoms with E-state index in [-0.39, 0.29) is 5.69 Å². The van der Waals surface area contributed by atoms with Crippen LogP contribution in [0.5, 0.6) is 0 Å². The van der Waals surface area contributed by atoms with Gasteiger partial charge in [0.2, 0.25) is 0 Å². The fourth-order valence-electron chi connectivity index (χ4n) is 1.97. The topological polar surface area (TPSA) is 70.1 Å². The molecule has 2 N–H and O–H groups in total. The number of carbonyl (C=O) groups is 1. The maximum atomic E-state index is 12.0. The predicted octanol–water partition coefficient (Wildman–Crippen LogP) is 2.06. The number of hydrogen-bond donors (Lipinski definition) is 1. The lowest BCUT2D eigenvalue weighted by Gasteiger charge is -2.07. The molecule has 5 heteroatoms. The number of hydrogen-bond acceptors (Lipinski definition) is 4. The highest BCUT2D eigenvalue weighted by molar-refractivity contribution is 5.95. The van der Waals surface area contributed by atoms with Gasteiger partial charge in [0.15, 0.2) is 5.69 Å². The van der Waals surface area contributed by atoms with Gasteiger partial charge in [0.05, 0.1) is 6.61 Å². The molecule has 2 aromatic rings. The van der Waals surface area contributed by atoms with E-state index in [0.717, 1.165) is 11.1 Å². The van der Waals surface area contributed by atoms with E-state index in [1.54, 1.807) is 13.8 Å². The summed E-state index contributed by atoms with van der Waals surface area (Å²) < 4.78 is 6.32. The quantitative estimate of drug-likeness (QED) is 0.676. The number of imidazole rings is 1. The van der Waals surface area contributed by atoms with E-state index in [1.165, 1.54) is 4.68 Å². The molecule has 0 unspecified atom stereocenters. The Morgan fingerprint density at radius 1 is 1.37 bits per heavy atom. The maximum absolute atomic E-state index is 12.0. The van der Waals surface area contributed by atoms with Gasteiger partial charge in [-0.3, -0.25) is 0 Å². The van der Waals surface area contributed by atoms with Crippen LogP contribution in [0.2, 0.25) is 0 Å². The summed E-state index contributed by atoms with van der Waals surface area (Å²) in [5.41, 5.74) is 2.77. The van der Waals surface area contributed by atoms with E-state index < -0.39 is 5.97 Å². The first kappa shape index (κ1) is 13.1. The number of aromatic nitrogens is 2. The fourth-order valence-corrected chi connectivity index (χ4v) is 1.97. The van der Waals surface area contributed by atoms with Gasteiger partial charge < -0.3 is 10.6 Å².